The first-order valence-electron chi connectivity index (χ1n) is 10.6. The molecule has 4 aromatic rings. The number of thiazole rings is 1. The minimum atomic E-state index is -0.334. The van der Waals surface area contributed by atoms with Crippen molar-refractivity contribution in [3.8, 4) is 10.6 Å². The molecule has 1 aliphatic heterocycles. The summed E-state index contributed by atoms with van der Waals surface area (Å²) in [6.07, 6.45) is 1.62. The molecular weight excluding hydrogens is 425 g/mol. The van der Waals surface area contributed by atoms with Gasteiger partial charge in [-0.25, -0.2) is 19.3 Å². The fraction of sp³-hybridized carbons (Fsp3) is 0.250. The van der Waals surface area contributed by atoms with Gasteiger partial charge in [-0.3, -0.25) is 4.79 Å². The van der Waals surface area contributed by atoms with Crippen molar-refractivity contribution in [3.05, 3.63) is 71.1 Å². The maximum absolute atomic E-state index is 13.6. The zero-order valence-electron chi connectivity index (χ0n) is 17.6. The summed E-state index contributed by atoms with van der Waals surface area (Å²) in [5.41, 5.74) is 3.29. The monoisotopic (exact) mass is 447 g/mol. The Balaban J connectivity index is 1.30. The Morgan fingerprint density at radius 2 is 2.03 bits per heavy atom. The molecule has 1 fully saturated rings. The lowest BCUT2D eigenvalue weighted by atomic mass is 10.2. The number of hydrogen-bond donors (Lipinski definition) is 1. The number of carbonyl (C=O) groups excluding carboxylic acids is 1. The van der Waals surface area contributed by atoms with Gasteiger partial charge in [0.2, 0.25) is 11.9 Å². The fourth-order valence-electron chi connectivity index (χ4n) is 4.04. The number of rotatable bonds is 5. The second-order valence-electron chi connectivity index (χ2n) is 7.85. The molecule has 0 saturated carbocycles. The minimum Gasteiger partial charge on any atom is -0.349 e. The summed E-state index contributed by atoms with van der Waals surface area (Å²) in [6, 6.07) is 14.2. The van der Waals surface area contributed by atoms with Gasteiger partial charge in [0.25, 0.3) is 0 Å². The van der Waals surface area contributed by atoms with Crippen LogP contribution in [0.1, 0.15) is 24.2 Å². The van der Waals surface area contributed by atoms with Gasteiger partial charge in [-0.1, -0.05) is 30.3 Å². The Morgan fingerprint density at radius 1 is 1.19 bits per heavy atom. The van der Waals surface area contributed by atoms with E-state index >= 15 is 0 Å². The molecule has 1 atom stereocenters. The molecule has 6 nitrogen and oxygen atoms in total. The Bertz CT molecular complexity index is 1280. The van der Waals surface area contributed by atoms with Crippen LogP contribution in [0.5, 0.6) is 0 Å². The Kier molecular flexibility index (Phi) is 5.53. The molecule has 0 aliphatic carbocycles. The largest absolute Gasteiger partial charge is 0.349 e. The molecule has 8 heteroatoms. The molecule has 1 saturated heterocycles. The average molecular weight is 448 g/mol. The predicted molar refractivity (Wildman–Crippen MR) is 124 cm³/mol. The molecule has 1 N–H and O–H groups in total. The SMILES string of the molecule is Cc1nc(N2CCC[C@@H]2C(=O)NCc2csc(-c3ccccc3)n2)nc2ccc(F)cc12. The average Bonchev–Trinajstić information content (AvgIpc) is 3.48. The van der Waals surface area contributed by atoms with Crippen molar-refractivity contribution >= 4 is 34.1 Å². The van der Waals surface area contributed by atoms with Crippen LogP contribution in [0, 0.1) is 12.7 Å². The van der Waals surface area contributed by atoms with Crippen LogP contribution < -0.4 is 10.2 Å². The molecule has 32 heavy (non-hydrogen) atoms. The van der Waals surface area contributed by atoms with E-state index in [1.54, 1.807) is 17.4 Å². The van der Waals surface area contributed by atoms with Crippen LogP contribution >= 0.6 is 11.3 Å². The molecule has 3 heterocycles. The van der Waals surface area contributed by atoms with Gasteiger partial charge in [-0.15, -0.1) is 11.3 Å². The van der Waals surface area contributed by atoms with Gasteiger partial charge in [0.15, 0.2) is 0 Å². The predicted octanol–water partition coefficient (Wildman–Crippen LogP) is 4.49. The van der Waals surface area contributed by atoms with Gasteiger partial charge in [0.05, 0.1) is 23.4 Å². The summed E-state index contributed by atoms with van der Waals surface area (Å²) in [6.45, 7) is 2.92. The minimum absolute atomic E-state index is 0.0581. The highest BCUT2D eigenvalue weighted by molar-refractivity contribution is 7.13. The number of nitrogens with one attached hydrogen (secondary N) is 1. The third kappa shape index (κ3) is 4.05. The number of carbonyl (C=O) groups is 1. The second kappa shape index (κ2) is 8.63. The molecule has 0 bridgehead atoms. The summed E-state index contributed by atoms with van der Waals surface area (Å²) in [4.78, 5) is 28.8. The van der Waals surface area contributed by atoms with Crippen molar-refractivity contribution in [2.24, 2.45) is 0 Å². The second-order valence-corrected chi connectivity index (χ2v) is 8.71. The van der Waals surface area contributed by atoms with Crippen LogP contribution in [0.2, 0.25) is 0 Å². The first-order valence-corrected chi connectivity index (χ1v) is 11.4. The molecule has 1 aliphatic rings. The number of hydrogen-bond acceptors (Lipinski definition) is 6. The summed E-state index contributed by atoms with van der Waals surface area (Å²) in [5, 5.41) is 6.62. The summed E-state index contributed by atoms with van der Waals surface area (Å²) >= 11 is 1.57. The van der Waals surface area contributed by atoms with Crippen molar-refractivity contribution in [1.82, 2.24) is 20.3 Å². The molecule has 162 valence electrons. The number of benzene rings is 2. The van der Waals surface area contributed by atoms with Crippen molar-refractivity contribution in [2.75, 3.05) is 11.4 Å². The summed E-state index contributed by atoms with van der Waals surface area (Å²) in [7, 11) is 0. The maximum atomic E-state index is 13.6. The highest BCUT2D eigenvalue weighted by Crippen LogP contribution is 2.27. The topological polar surface area (TPSA) is 71.0 Å². The first kappa shape index (κ1) is 20.5. The highest BCUT2D eigenvalue weighted by Gasteiger charge is 2.32. The van der Waals surface area contributed by atoms with E-state index in [-0.39, 0.29) is 17.8 Å². The van der Waals surface area contributed by atoms with Crippen molar-refractivity contribution in [2.45, 2.75) is 32.4 Å². The smallest absolute Gasteiger partial charge is 0.243 e. The molecule has 1 amide bonds. The summed E-state index contributed by atoms with van der Waals surface area (Å²) in [5.74, 6) is 0.143. The fourth-order valence-corrected chi connectivity index (χ4v) is 4.87. The lowest BCUT2D eigenvalue weighted by Gasteiger charge is -2.24. The number of aryl methyl sites for hydroxylation is 1. The van der Waals surface area contributed by atoms with E-state index in [4.69, 9.17) is 0 Å². The third-order valence-corrected chi connectivity index (χ3v) is 6.61. The van der Waals surface area contributed by atoms with E-state index in [1.165, 1.54) is 12.1 Å². The van der Waals surface area contributed by atoms with Crippen molar-refractivity contribution < 1.29 is 9.18 Å². The standard InChI is InChI=1S/C24H22FN5OS/c1-15-19-12-17(25)9-10-20(19)29-24(27-15)30-11-5-8-21(30)22(31)26-13-18-14-32-23(28-18)16-6-3-2-4-7-16/h2-4,6-7,9-10,12,14,21H,5,8,11,13H2,1H3,(H,26,31)/t21-/m1/s1. The molecule has 2 aromatic carbocycles. The number of anilines is 1. The Morgan fingerprint density at radius 3 is 2.88 bits per heavy atom. The van der Waals surface area contributed by atoms with E-state index < -0.39 is 0 Å². The van der Waals surface area contributed by atoms with Gasteiger partial charge in [-0.2, -0.15) is 0 Å². The number of aromatic nitrogens is 3. The maximum Gasteiger partial charge on any atom is 0.243 e. The lowest BCUT2D eigenvalue weighted by Crippen LogP contribution is -2.43. The van der Waals surface area contributed by atoms with Crippen LogP contribution in [0.4, 0.5) is 10.3 Å². The molecular formula is C24H22FN5OS. The van der Waals surface area contributed by atoms with Gasteiger partial charge in [0.1, 0.15) is 16.9 Å². The van der Waals surface area contributed by atoms with Gasteiger partial charge >= 0.3 is 0 Å². The Labute approximate surface area is 189 Å². The lowest BCUT2D eigenvalue weighted by molar-refractivity contribution is -0.122. The van der Waals surface area contributed by atoms with Gasteiger partial charge in [-0.05, 0) is 38.0 Å². The van der Waals surface area contributed by atoms with Crippen molar-refractivity contribution in [3.63, 3.8) is 0 Å². The van der Waals surface area contributed by atoms with Gasteiger partial charge < -0.3 is 10.2 Å². The summed E-state index contributed by atoms with van der Waals surface area (Å²) < 4.78 is 13.6. The van der Waals surface area contributed by atoms with E-state index in [9.17, 15) is 9.18 Å². The van der Waals surface area contributed by atoms with E-state index in [0.717, 1.165) is 29.1 Å². The Hall–Kier alpha value is -3.39. The zero-order valence-corrected chi connectivity index (χ0v) is 18.4. The van der Waals surface area contributed by atoms with Crippen molar-refractivity contribution in [1.29, 1.82) is 0 Å². The van der Waals surface area contributed by atoms with E-state index in [1.807, 2.05) is 47.5 Å². The molecule has 5 rings (SSSR count). The molecule has 0 unspecified atom stereocenters. The van der Waals surface area contributed by atoms with Gasteiger partial charge in [0, 0.05) is 22.9 Å². The third-order valence-electron chi connectivity index (χ3n) is 5.67. The number of fused-ring (bicyclic) bond motifs is 1. The van der Waals surface area contributed by atoms with Crippen LogP contribution in [0.3, 0.4) is 0 Å². The molecule has 0 radical (unpaired) electrons. The van der Waals surface area contributed by atoms with E-state index in [0.29, 0.717) is 35.6 Å². The number of amides is 1. The van der Waals surface area contributed by atoms with Crippen LogP contribution in [-0.4, -0.2) is 33.4 Å². The quantitative estimate of drug-likeness (QED) is 0.488. The highest BCUT2D eigenvalue weighted by atomic mass is 32.1. The molecule has 0 spiro atoms. The zero-order chi connectivity index (χ0) is 22.1. The molecule has 2 aromatic heterocycles. The van der Waals surface area contributed by atoms with Crippen LogP contribution in [0.25, 0.3) is 21.5 Å². The van der Waals surface area contributed by atoms with E-state index in [2.05, 4.69) is 20.3 Å². The first-order chi connectivity index (χ1) is 15.6. The normalized spacial score (nSPS) is 15.9. The van der Waals surface area contributed by atoms with Crippen LogP contribution in [-0.2, 0) is 11.3 Å². The number of nitrogens with zero attached hydrogens (tertiary/aromatic N) is 4. The van der Waals surface area contributed by atoms with Crippen LogP contribution in [0.15, 0.2) is 53.9 Å². The number of halogens is 1.